The van der Waals surface area contributed by atoms with Crippen LogP contribution in [0.1, 0.15) is 42.2 Å². The van der Waals surface area contributed by atoms with E-state index >= 15 is 0 Å². The van der Waals surface area contributed by atoms with Gasteiger partial charge in [0.1, 0.15) is 0 Å². The number of hydrogen-bond acceptors (Lipinski definition) is 3. The molecule has 1 amide bonds. The van der Waals surface area contributed by atoms with Crippen molar-refractivity contribution < 1.29 is 4.79 Å². The van der Waals surface area contributed by atoms with Crippen molar-refractivity contribution in [2.45, 2.75) is 51.7 Å². The fraction of sp³-hybridized carbons (Fsp3) is 0.667. The van der Waals surface area contributed by atoms with Crippen molar-refractivity contribution in [3.05, 3.63) is 17.5 Å². The van der Waals surface area contributed by atoms with Crippen molar-refractivity contribution in [2.24, 2.45) is 5.73 Å². The number of aromatic nitrogens is 2. The molecule has 0 unspecified atom stereocenters. The number of carbonyl (C=O) groups is 1. The molecule has 0 aliphatic heterocycles. The first-order chi connectivity index (χ1) is 8.13. The zero-order valence-corrected chi connectivity index (χ0v) is 10.4. The van der Waals surface area contributed by atoms with E-state index in [1.165, 1.54) is 0 Å². The van der Waals surface area contributed by atoms with E-state index in [1.54, 1.807) is 6.20 Å². The van der Waals surface area contributed by atoms with Crippen molar-refractivity contribution in [2.75, 3.05) is 0 Å². The van der Waals surface area contributed by atoms with Crippen molar-refractivity contribution in [3.8, 4) is 0 Å². The van der Waals surface area contributed by atoms with Gasteiger partial charge in [-0.3, -0.25) is 9.48 Å². The molecule has 94 valence electrons. The molecule has 1 aromatic heterocycles. The van der Waals surface area contributed by atoms with Crippen LogP contribution in [0.25, 0.3) is 0 Å². The number of hydrogen-bond donors (Lipinski definition) is 2. The maximum absolute atomic E-state index is 12.0. The Morgan fingerprint density at radius 3 is 2.94 bits per heavy atom. The highest BCUT2D eigenvalue weighted by Crippen LogP contribution is 2.18. The zero-order chi connectivity index (χ0) is 12.4. The summed E-state index contributed by atoms with van der Waals surface area (Å²) in [5, 5.41) is 7.18. The Bertz CT molecular complexity index is 413. The minimum Gasteiger partial charge on any atom is -0.348 e. The van der Waals surface area contributed by atoms with Gasteiger partial charge in [-0.2, -0.15) is 5.10 Å². The molecule has 1 heterocycles. The smallest absolute Gasteiger partial charge is 0.255 e. The molecule has 0 radical (unpaired) electrons. The zero-order valence-electron chi connectivity index (χ0n) is 10.4. The van der Waals surface area contributed by atoms with E-state index in [1.807, 2.05) is 11.6 Å². The van der Waals surface area contributed by atoms with Crippen LogP contribution in [0.3, 0.4) is 0 Å². The van der Waals surface area contributed by atoms with Gasteiger partial charge >= 0.3 is 0 Å². The van der Waals surface area contributed by atoms with Gasteiger partial charge in [0.25, 0.3) is 5.91 Å². The molecule has 3 N–H and O–H groups in total. The third-order valence-corrected chi connectivity index (χ3v) is 3.43. The summed E-state index contributed by atoms with van der Waals surface area (Å²) < 4.78 is 1.87. The van der Waals surface area contributed by atoms with E-state index in [2.05, 4.69) is 17.3 Å². The van der Waals surface area contributed by atoms with Crippen molar-refractivity contribution >= 4 is 5.91 Å². The summed E-state index contributed by atoms with van der Waals surface area (Å²) in [7, 11) is 0. The SMILES string of the molecule is CCCn1ncc(C(=O)N[C@H]2CC[C@H]2N)c1C. The summed E-state index contributed by atoms with van der Waals surface area (Å²) >= 11 is 0. The highest BCUT2D eigenvalue weighted by atomic mass is 16.1. The summed E-state index contributed by atoms with van der Waals surface area (Å²) in [5.74, 6) is -0.0509. The van der Waals surface area contributed by atoms with Gasteiger partial charge in [0, 0.05) is 24.3 Å². The number of rotatable bonds is 4. The lowest BCUT2D eigenvalue weighted by molar-refractivity contribution is 0.0905. The Labute approximate surface area is 101 Å². The summed E-state index contributed by atoms with van der Waals surface area (Å²) in [6.45, 7) is 4.87. The molecule has 5 nitrogen and oxygen atoms in total. The van der Waals surface area contributed by atoms with Gasteiger partial charge in [-0.15, -0.1) is 0 Å². The van der Waals surface area contributed by atoms with E-state index in [9.17, 15) is 4.79 Å². The molecule has 1 aliphatic carbocycles. The highest BCUT2D eigenvalue weighted by molar-refractivity contribution is 5.95. The van der Waals surface area contributed by atoms with Gasteiger partial charge in [-0.05, 0) is 26.2 Å². The van der Waals surface area contributed by atoms with Gasteiger partial charge in [0.2, 0.25) is 0 Å². The number of amides is 1. The second-order valence-electron chi connectivity index (χ2n) is 4.69. The number of aryl methyl sites for hydroxylation is 1. The normalized spacial score (nSPS) is 23.2. The second kappa shape index (κ2) is 4.87. The molecule has 1 fully saturated rings. The summed E-state index contributed by atoms with van der Waals surface area (Å²) in [5.41, 5.74) is 7.40. The van der Waals surface area contributed by atoms with Crippen LogP contribution in [0.4, 0.5) is 0 Å². The molecule has 2 rings (SSSR count). The Hall–Kier alpha value is -1.36. The maximum Gasteiger partial charge on any atom is 0.255 e. The lowest BCUT2D eigenvalue weighted by atomic mass is 9.87. The average molecular weight is 236 g/mol. The van der Waals surface area contributed by atoms with Gasteiger partial charge in [0.05, 0.1) is 11.8 Å². The number of nitrogens with one attached hydrogen (secondary N) is 1. The number of nitrogens with two attached hydrogens (primary N) is 1. The molecule has 5 heteroatoms. The molecule has 0 saturated heterocycles. The minimum absolute atomic E-state index is 0.0509. The molecule has 0 bridgehead atoms. The summed E-state index contributed by atoms with van der Waals surface area (Å²) in [6, 6.07) is 0.251. The molecule has 1 aromatic rings. The molecule has 1 aliphatic rings. The molecule has 1 saturated carbocycles. The van der Waals surface area contributed by atoms with Crippen molar-refractivity contribution in [1.82, 2.24) is 15.1 Å². The highest BCUT2D eigenvalue weighted by Gasteiger charge is 2.29. The van der Waals surface area contributed by atoms with Crippen LogP contribution in [0, 0.1) is 6.92 Å². The molecular formula is C12H20N4O. The van der Waals surface area contributed by atoms with Crippen LogP contribution in [0.2, 0.25) is 0 Å². The van der Waals surface area contributed by atoms with Gasteiger partial charge in [-0.25, -0.2) is 0 Å². The predicted octanol–water partition coefficient (Wildman–Crippen LogP) is 0.821. The number of nitrogens with zero attached hydrogens (tertiary/aromatic N) is 2. The Balaban J connectivity index is 2.03. The predicted molar refractivity (Wildman–Crippen MR) is 65.7 cm³/mol. The topological polar surface area (TPSA) is 72.9 Å². The lowest BCUT2D eigenvalue weighted by Crippen LogP contribution is -2.54. The van der Waals surface area contributed by atoms with E-state index in [0.717, 1.165) is 31.5 Å². The van der Waals surface area contributed by atoms with Crippen molar-refractivity contribution in [3.63, 3.8) is 0 Å². The third-order valence-electron chi connectivity index (χ3n) is 3.43. The van der Waals surface area contributed by atoms with Gasteiger partial charge < -0.3 is 11.1 Å². The maximum atomic E-state index is 12.0. The Kier molecular flexibility index (Phi) is 3.47. The van der Waals surface area contributed by atoms with Gasteiger partial charge in [0.15, 0.2) is 0 Å². The van der Waals surface area contributed by atoms with Crippen LogP contribution >= 0.6 is 0 Å². The van der Waals surface area contributed by atoms with Crippen LogP contribution in [0.5, 0.6) is 0 Å². The first-order valence-corrected chi connectivity index (χ1v) is 6.22. The quantitative estimate of drug-likeness (QED) is 0.813. The summed E-state index contributed by atoms with van der Waals surface area (Å²) in [6.07, 6.45) is 4.63. The fourth-order valence-electron chi connectivity index (χ4n) is 2.06. The van der Waals surface area contributed by atoms with Crippen LogP contribution in [-0.4, -0.2) is 27.8 Å². The molecule has 2 atom stereocenters. The molecular weight excluding hydrogens is 216 g/mol. The third kappa shape index (κ3) is 2.34. The van der Waals surface area contributed by atoms with E-state index < -0.39 is 0 Å². The van der Waals surface area contributed by atoms with Crippen LogP contribution < -0.4 is 11.1 Å². The standard InChI is InChI=1S/C12H20N4O/c1-3-6-16-8(2)9(7-14-16)12(17)15-11-5-4-10(11)13/h7,10-11H,3-6,13H2,1-2H3,(H,15,17)/t10-,11+/m1/s1. The van der Waals surface area contributed by atoms with Crippen LogP contribution in [0.15, 0.2) is 6.20 Å². The molecule has 0 spiro atoms. The Morgan fingerprint density at radius 1 is 1.65 bits per heavy atom. The molecule has 17 heavy (non-hydrogen) atoms. The minimum atomic E-state index is -0.0509. The first kappa shape index (κ1) is 12.1. The lowest BCUT2D eigenvalue weighted by Gasteiger charge is -2.34. The largest absolute Gasteiger partial charge is 0.348 e. The second-order valence-corrected chi connectivity index (χ2v) is 4.69. The monoisotopic (exact) mass is 236 g/mol. The molecule has 0 aromatic carbocycles. The fourth-order valence-corrected chi connectivity index (χ4v) is 2.06. The van der Waals surface area contributed by atoms with E-state index in [0.29, 0.717) is 5.56 Å². The van der Waals surface area contributed by atoms with E-state index in [-0.39, 0.29) is 18.0 Å². The first-order valence-electron chi connectivity index (χ1n) is 6.22. The van der Waals surface area contributed by atoms with Crippen molar-refractivity contribution in [1.29, 1.82) is 0 Å². The number of carbonyl (C=O) groups excluding carboxylic acids is 1. The van der Waals surface area contributed by atoms with Crippen LogP contribution in [-0.2, 0) is 6.54 Å². The van der Waals surface area contributed by atoms with E-state index in [4.69, 9.17) is 5.73 Å². The average Bonchev–Trinajstić information content (AvgIpc) is 2.66. The summed E-state index contributed by atoms with van der Waals surface area (Å²) in [4.78, 5) is 12.0. The Morgan fingerprint density at radius 2 is 2.41 bits per heavy atom. The van der Waals surface area contributed by atoms with Gasteiger partial charge in [-0.1, -0.05) is 6.92 Å².